The fraction of sp³-hybridized carbons (Fsp3) is 0.700. The lowest BCUT2D eigenvalue weighted by Gasteiger charge is -2.72. The van der Waals surface area contributed by atoms with E-state index in [-0.39, 0.29) is 33.4 Å². The van der Waals surface area contributed by atoms with Crippen LogP contribution in [0.25, 0.3) is 6.08 Å². The lowest BCUT2D eigenvalue weighted by atomic mass is 9.32. The number of rotatable bonds is 5. The van der Waals surface area contributed by atoms with Gasteiger partial charge in [-0.05, 0) is 115 Å². The summed E-state index contributed by atoms with van der Waals surface area (Å²) in [5.74, 6) is 1.41. The summed E-state index contributed by atoms with van der Waals surface area (Å²) in [7, 11) is 1.74. The van der Waals surface area contributed by atoms with E-state index in [0.717, 1.165) is 63.4 Å². The van der Waals surface area contributed by atoms with Gasteiger partial charge in [0.05, 0.1) is 5.41 Å². The van der Waals surface area contributed by atoms with Crippen LogP contribution in [0, 0.1) is 56.7 Å². The minimum absolute atomic E-state index is 0.00694. The van der Waals surface area contributed by atoms with Gasteiger partial charge < -0.3 is 9.84 Å². The molecule has 0 radical (unpaired) electrons. The first-order valence-electron chi connectivity index (χ1n) is 17.4. The molecule has 6 rings (SSSR count). The second-order valence-corrected chi connectivity index (χ2v) is 17.0. The van der Waals surface area contributed by atoms with Crippen molar-refractivity contribution in [1.82, 2.24) is 0 Å². The van der Waals surface area contributed by atoms with Crippen molar-refractivity contribution in [2.45, 2.75) is 112 Å². The van der Waals surface area contributed by atoms with Crippen LogP contribution in [-0.4, -0.2) is 29.6 Å². The lowest BCUT2D eigenvalue weighted by molar-refractivity contribution is -0.236. The Labute approximate surface area is 266 Å². The van der Waals surface area contributed by atoms with Crippen molar-refractivity contribution in [1.29, 1.82) is 0 Å². The van der Waals surface area contributed by atoms with Crippen LogP contribution in [0.3, 0.4) is 0 Å². The summed E-state index contributed by atoms with van der Waals surface area (Å²) in [6, 6.07) is 10.0. The van der Waals surface area contributed by atoms with E-state index in [4.69, 9.17) is 4.74 Å². The molecular weight excluding hydrogens is 544 g/mol. The largest absolute Gasteiger partial charge is 0.481 e. The number of ether oxygens (including phenoxy) is 1. The van der Waals surface area contributed by atoms with E-state index in [1.807, 2.05) is 36.4 Å². The highest BCUT2D eigenvalue weighted by Crippen LogP contribution is 2.76. The Morgan fingerprint density at radius 1 is 0.886 bits per heavy atom. The van der Waals surface area contributed by atoms with Crippen LogP contribution in [0.1, 0.15) is 112 Å². The fourth-order valence-electron chi connectivity index (χ4n) is 12.6. The summed E-state index contributed by atoms with van der Waals surface area (Å²) < 4.78 is 6.35. The predicted molar refractivity (Wildman–Crippen MR) is 177 cm³/mol. The molecule has 10 atom stereocenters. The number of allylic oxidation sites excluding steroid dienone is 2. The third-order valence-electron chi connectivity index (χ3n) is 15.6. The van der Waals surface area contributed by atoms with Gasteiger partial charge in [0, 0.05) is 12.5 Å². The van der Waals surface area contributed by atoms with Crippen LogP contribution in [0.5, 0.6) is 0 Å². The van der Waals surface area contributed by atoms with E-state index in [1.165, 1.54) is 5.57 Å². The first-order chi connectivity index (χ1) is 20.6. The number of carboxylic acids is 1. The van der Waals surface area contributed by atoms with Crippen molar-refractivity contribution >= 4 is 17.8 Å². The molecule has 5 aliphatic carbocycles. The first-order valence-corrected chi connectivity index (χ1v) is 17.4. The zero-order valence-electron chi connectivity index (χ0n) is 28.5. The van der Waals surface area contributed by atoms with Crippen LogP contribution in [0.4, 0.5) is 0 Å². The summed E-state index contributed by atoms with van der Waals surface area (Å²) in [4.78, 5) is 27.1. The number of carbonyl (C=O) groups excluding carboxylic acids is 1. The van der Waals surface area contributed by atoms with Gasteiger partial charge in [0.2, 0.25) is 0 Å². The van der Waals surface area contributed by atoms with E-state index in [2.05, 4.69) is 54.5 Å². The second kappa shape index (κ2) is 10.4. The van der Waals surface area contributed by atoms with E-state index in [9.17, 15) is 14.7 Å². The molecule has 1 aromatic carbocycles. The molecule has 5 aliphatic rings. The summed E-state index contributed by atoms with van der Waals surface area (Å²) in [5, 5.41) is 10.7. The molecule has 0 saturated heterocycles. The Bertz CT molecular complexity index is 1370. The van der Waals surface area contributed by atoms with Crippen molar-refractivity contribution in [2.24, 2.45) is 56.7 Å². The maximum absolute atomic E-state index is 14.1. The topological polar surface area (TPSA) is 63.6 Å². The molecule has 4 nitrogen and oxygen atoms in total. The van der Waals surface area contributed by atoms with E-state index < -0.39 is 17.0 Å². The first kappa shape index (κ1) is 31.8. The molecule has 0 bridgehead atoms. The van der Waals surface area contributed by atoms with Gasteiger partial charge in [0.1, 0.15) is 5.60 Å². The maximum Gasteiger partial charge on any atom is 0.310 e. The summed E-state index contributed by atoms with van der Waals surface area (Å²) in [5.41, 5.74) is 0.861. The lowest BCUT2D eigenvalue weighted by Crippen LogP contribution is -2.69. The average Bonchev–Trinajstić information content (AvgIpc) is 2.98. The molecule has 1 unspecified atom stereocenters. The molecule has 0 spiro atoms. The molecule has 0 aromatic heterocycles. The van der Waals surface area contributed by atoms with Crippen LogP contribution < -0.4 is 0 Å². The summed E-state index contributed by atoms with van der Waals surface area (Å²) in [6.45, 7) is 16.9. The Morgan fingerprint density at radius 3 is 2.25 bits per heavy atom. The molecule has 1 N–H and O–H groups in total. The van der Waals surface area contributed by atoms with Gasteiger partial charge in [-0.15, -0.1) is 0 Å². The smallest absolute Gasteiger partial charge is 0.310 e. The third-order valence-corrected chi connectivity index (χ3v) is 15.6. The quantitative estimate of drug-likeness (QED) is 0.270. The molecule has 44 heavy (non-hydrogen) atoms. The zero-order valence-corrected chi connectivity index (χ0v) is 28.5. The minimum Gasteiger partial charge on any atom is -0.481 e. The highest BCUT2D eigenvalue weighted by Gasteiger charge is 2.71. The van der Waals surface area contributed by atoms with Gasteiger partial charge in [-0.25, -0.2) is 0 Å². The number of carboxylic acid groups (broad SMARTS) is 1. The Morgan fingerprint density at radius 2 is 1.59 bits per heavy atom. The van der Waals surface area contributed by atoms with Crippen molar-refractivity contribution in [3.05, 3.63) is 53.6 Å². The summed E-state index contributed by atoms with van der Waals surface area (Å²) in [6.07, 6.45) is 14.7. The van der Waals surface area contributed by atoms with Crippen molar-refractivity contribution in [3.63, 3.8) is 0 Å². The van der Waals surface area contributed by atoms with Gasteiger partial charge >= 0.3 is 5.97 Å². The predicted octanol–water partition coefficient (Wildman–Crippen LogP) is 9.40. The molecule has 4 saturated carbocycles. The minimum atomic E-state index is -0.852. The average molecular weight is 601 g/mol. The van der Waals surface area contributed by atoms with Crippen molar-refractivity contribution in [3.8, 4) is 0 Å². The molecule has 4 heteroatoms. The molecule has 0 heterocycles. The van der Waals surface area contributed by atoms with E-state index in [1.54, 1.807) is 13.2 Å². The molecule has 0 amide bonds. The number of benzene rings is 1. The second-order valence-electron chi connectivity index (χ2n) is 17.0. The van der Waals surface area contributed by atoms with Crippen molar-refractivity contribution < 1.29 is 19.4 Å². The van der Waals surface area contributed by atoms with Gasteiger partial charge in [0.25, 0.3) is 0 Å². The molecule has 0 aliphatic heterocycles. The normalized spacial score (nSPS) is 46.2. The SMILES string of the molecule is CO[C@@]1(C(=O)C=Cc2ccccc2)CC[C@@]2(C)C(CC[C@]3(C)[C@@H]2CC=C2[C@@H]4[C@@H](C)[C@H](C)CC[C@]4(C(=O)O)CC[C@]23C)C1(C)C. The number of methoxy groups -OCH3 is 1. The molecule has 4 fully saturated rings. The standard InChI is InChI=1S/C40H56O4/c1-26-18-21-39(34(42)43)24-23-37(6)29(33(39)27(26)2)15-16-31-36(5)22-25-40(44-8,32(41)17-14-28-12-10-9-11-13-28)35(3,4)30(36)19-20-38(31,37)7/h9-15,17,26-27,30-31,33H,16,18-25H2,1-8H3,(H,42,43)/t26-,27+,30?,31-,33+,36+,37-,38-,39+,40-/m1/s1. The number of hydrogen-bond acceptors (Lipinski definition) is 3. The van der Waals surface area contributed by atoms with Crippen LogP contribution in [0.15, 0.2) is 48.1 Å². The van der Waals surface area contributed by atoms with Crippen LogP contribution >= 0.6 is 0 Å². The van der Waals surface area contributed by atoms with Crippen LogP contribution in [-0.2, 0) is 14.3 Å². The number of ketones is 1. The Kier molecular flexibility index (Phi) is 7.51. The van der Waals surface area contributed by atoms with Gasteiger partial charge in [0.15, 0.2) is 5.78 Å². The maximum atomic E-state index is 14.1. The summed E-state index contributed by atoms with van der Waals surface area (Å²) >= 11 is 0. The number of hydrogen-bond donors (Lipinski definition) is 1. The van der Waals surface area contributed by atoms with Gasteiger partial charge in [-0.2, -0.15) is 0 Å². The zero-order chi connectivity index (χ0) is 31.9. The molecule has 240 valence electrons. The van der Waals surface area contributed by atoms with Gasteiger partial charge in [-0.1, -0.05) is 96.5 Å². The van der Waals surface area contributed by atoms with Crippen LogP contribution in [0.2, 0.25) is 0 Å². The highest BCUT2D eigenvalue weighted by atomic mass is 16.5. The van der Waals surface area contributed by atoms with Crippen molar-refractivity contribution in [2.75, 3.05) is 7.11 Å². The third kappa shape index (κ3) is 3.97. The number of fused-ring (bicyclic) bond motifs is 7. The van der Waals surface area contributed by atoms with E-state index in [0.29, 0.717) is 23.7 Å². The highest BCUT2D eigenvalue weighted by molar-refractivity contribution is 6.01. The Hall–Kier alpha value is -2.20. The fourth-order valence-corrected chi connectivity index (χ4v) is 12.6. The molecule has 1 aromatic rings. The Balaban J connectivity index is 1.37. The van der Waals surface area contributed by atoms with E-state index >= 15 is 0 Å². The number of aliphatic carboxylic acids is 1. The monoisotopic (exact) mass is 600 g/mol. The molecular formula is C40H56O4. The number of carbonyl (C=O) groups is 2. The van der Waals surface area contributed by atoms with Gasteiger partial charge in [-0.3, -0.25) is 9.59 Å².